The fraction of sp³-hybridized carbons (Fsp3) is 0.900. The van der Waals surface area contributed by atoms with Crippen LogP contribution < -0.4 is 0 Å². The summed E-state index contributed by atoms with van der Waals surface area (Å²) < 4.78 is 6.28. The molecule has 140 valence electrons. The molecule has 0 aromatic rings. The Bertz CT molecular complexity index is 491. The number of carbonyl (C=O) groups is 2. The van der Waals surface area contributed by atoms with E-state index in [1.54, 1.807) is 0 Å². The Kier molecular flexibility index (Phi) is 5.30. The van der Waals surface area contributed by atoms with Crippen molar-refractivity contribution in [1.29, 1.82) is 0 Å². The fourth-order valence-electron chi connectivity index (χ4n) is 4.75. The van der Waals surface area contributed by atoms with Crippen molar-refractivity contribution in [3.05, 3.63) is 0 Å². The smallest absolute Gasteiger partial charge is 0.245 e. The van der Waals surface area contributed by atoms with Gasteiger partial charge in [-0.05, 0) is 51.4 Å². The molecule has 0 aromatic heterocycles. The normalized spacial score (nSPS) is 29.2. The first-order chi connectivity index (χ1) is 12.2. The molecular formula is C20H32N2O3. The van der Waals surface area contributed by atoms with E-state index in [9.17, 15) is 9.59 Å². The van der Waals surface area contributed by atoms with Gasteiger partial charge in [-0.25, -0.2) is 0 Å². The lowest BCUT2D eigenvalue weighted by Gasteiger charge is -2.37. The highest BCUT2D eigenvalue weighted by Crippen LogP contribution is 2.34. The molecule has 0 aromatic carbocycles. The molecule has 2 saturated heterocycles. The van der Waals surface area contributed by atoms with Crippen molar-refractivity contribution >= 4 is 11.8 Å². The molecule has 5 heteroatoms. The van der Waals surface area contributed by atoms with Crippen LogP contribution in [0, 0.1) is 5.92 Å². The van der Waals surface area contributed by atoms with Crippen molar-refractivity contribution in [1.82, 2.24) is 9.80 Å². The summed E-state index contributed by atoms with van der Waals surface area (Å²) >= 11 is 0. The minimum Gasteiger partial charge on any atom is -0.375 e. The molecule has 4 aliphatic rings. The molecule has 2 aliphatic carbocycles. The predicted octanol–water partition coefficient (Wildman–Crippen LogP) is 2.73. The van der Waals surface area contributed by atoms with Crippen molar-refractivity contribution in [2.24, 2.45) is 5.92 Å². The third-order valence-electron chi connectivity index (χ3n) is 6.44. The van der Waals surface area contributed by atoms with Gasteiger partial charge in [0.15, 0.2) is 0 Å². The van der Waals surface area contributed by atoms with Gasteiger partial charge in [0.25, 0.3) is 0 Å². The molecule has 1 unspecified atom stereocenters. The predicted molar refractivity (Wildman–Crippen MR) is 95.0 cm³/mol. The van der Waals surface area contributed by atoms with E-state index in [1.807, 2.05) is 9.80 Å². The molecule has 2 amide bonds. The van der Waals surface area contributed by atoms with Crippen molar-refractivity contribution in [2.75, 3.05) is 19.6 Å². The topological polar surface area (TPSA) is 49.9 Å². The molecule has 5 nitrogen and oxygen atoms in total. The zero-order valence-corrected chi connectivity index (χ0v) is 15.3. The van der Waals surface area contributed by atoms with Crippen LogP contribution in [0.5, 0.6) is 0 Å². The van der Waals surface area contributed by atoms with Gasteiger partial charge in [-0.15, -0.1) is 0 Å². The zero-order chi connectivity index (χ0) is 17.2. The van der Waals surface area contributed by atoms with Crippen LogP contribution in [0.15, 0.2) is 0 Å². The number of carbonyl (C=O) groups excluding carboxylic acids is 2. The SMILES string of the molecule is O=C(C1CCCN1C(=O)C1CC1)N1CCC(OC2CCCCC2)CC1. The number of nitrogens with zero attached hydrogens (tertiary/aromatic N) is 2. The van der Waals surface area contributed by atoms with Crippen LogP contribution in [0.4, 0.5) is 0 Å². The van der Waals surface area contributed by atoms with Crippen molar-refractivity contribution in [3.8, 4) is 0 Å². The lowest BCUT2D eigenvalue weighted by Crippen LogP contribution is -2.51. The maximum atomic E-state index is 12.9. The summed E-state index contributed by atoms with van der Waals surface area (Å²) in [5.41, 5.74) is 0. The summed E-state index contributed by atoms with van der Waals surface area (Å²) in [7, 11) is 0. The summed E-state index contributed by atoms with van der Waals surface area (Å²) in [6.45, 7) is 2.35. The van der Waals surface area contributed by atoms with Gasteiger partial charge >= 0.3 is 0 Å². The molecule has 0 bridgehead atoms. The lowest BCUT2D eigenvalue weighted by molar-refractivity contribution is -0.146. The van der Waals surface area contributed by atoms with E-state index in [1.165, 1.54) is 32.1 Å². The highest BCUT2D eigenvalue weighted by atomic mass is 16.5. The standard InChI is InChI=1S/C20H32N2O3/c23-19(15-8-9-15)22-12-4-7-18(22)20(24)21-13-10-17(11-14-21)25-16-5-2-1-3-6-16/h15-18H,1-14H2. The van der Waals surface area contributed by atoms with Crippen LogP contribution in [0.1, 0.15) is 70.6 Å². The van der Waals surface area contributed by atoms with E-state index < -0.39 is 0 Å². The minimum absolute atomic E-state index is 0.183. The molecule has 4 fully saturated rings. The lowest BCUT2D eigenvalue weighted by atomic mass is 9.97. The van der Waals surface area contributed by atoms with Gasteiger partial charge in [0.2, 0.25) is 11.8 Å². The van der Waals surface area contributed by atoms with E-state index in [-0.39, 0.29) is 23.8 Å². The number of hydrogen-bond acceptors (Lipinski definition) is 3. The Balaban J connectivity index is 1.26. The van der Waals surface area contributed by atoms with Gasteiger partial charge in [0.05, 0.1) is 12.2 Å². The quantitative estimate of drug-likeness (QED) is 0.785. The highest BCUT2D eigenvalue weighted by Gasteiger charge is 2.42. The third-order valence-corrected chi connectivity index (χ3v) is 6.44. The first kappa shape index (κ1) is 17.3. The molecule has 25 heavy (non-hydrogen) atoms. The highest BCUT2D eigenvalue weighted by molar-refractivity contribution is 5.90. The number of amides is 2. The third kappa shape index (κ3) is 4.02. The van der Waals surface area contributed by atoms with E-state index >= 15 is 0 Å². The van der Waals surface area contributed by atoms with Crippen LogP contribution in [0.25, 0.3) is 0 Å². The van der Waals surface area contributed by atoms with E-state index in [0.29, 0.717) is 12.2 Å². The molecule has 0 N–H and O–H groups in total. The van der Waals surface area contributed by atoms with Gasteiger partial charge in [-0.3, -0.25) is 9.59 Å². The Morgan fingerprint density at radius 1 is 0.680 bits per heavy atom. The number of piperidine rings is 1. The van der Waals surface area contributed by atoms with Crippen LogP contribution in [0.2, 0.25) is 0 Å². The molecule has 2 saturated carbocycles. The Labute approximate surface area is 151 Å². The van der Waals surface area contributed by atoms with Crippen LogP contribution in [0.3, 0.4) is 0 Å². The Morgan fingerprint density at radius 3 is 2.04 bits per heavy atom. The molecule has 2 heterocycles. The first-order valence-corrected chi connectivity index (χ1v) is 10.5. The van der Waals surface area contributed by atoms with Gasteiger partial charge in [-0.2, -0.15) is 0 Å². The van der Waals surface area contributed by atoms with E-state index in [2.05, 4.69) is 0 Å². The zero-order valence-electron chi connectivity index (χ0n) is 15.3. The summed E-state index contributed by atoms with van der Waals surface area (Å²) in [5.74, 6) is 0.622. The van der Waals surface area contributed by atoms with Crippen LogP contribution in [-0.4, -0.2) is 59.5 Å². The molecule has 4 rings (SSSR count). The maximum absolute atomic E-state index is 12.9. The summed E-state index contributed by atoms with van der Waals surface area (Å²) in [6.07, 6.45) is 12.9. The summed E-state index contributed by atoms with van der Waals surface area (Å²) in [4.78, 5) is 29.2. The summed E-state index contributed by atoms with van der Waals surface area (Å²) in [5, 5.41) is 0. The maximum Gasteiger partial charge on any atom is 0.245 e. The van der Waals surface area contributed by atoms with Crippen molar-refractivity contribution in [3.63, 3.8) is 0 Å². The number of hydrogen-bond donors (Lipinski definition) is 0. The Hall–Kier alpha value is -1.10. The summed E-state index contributed by atoms with van der Waals surface area (Å²) in [6, 6.07) is -0.191. The number of likely N-dealkylation sites (tertiary alicyclic amines) is 2. The minimum atomic E-state index is -0.191. The molecule has 2 aliphatic heterocycles. The second kappa shape index (κ2) is 7.65. The fourth-order valence-corrected chi connectivity index (χ4v) is 4.75. The largest absolute Gasteiger partial charge is 0.375 e. The average molecular weight is 348 g/mol. The van der Waals surface area contributed by atoms with Crippen LogP contribution in [-0.2, 0) is 14.3 Å². The van der Waals surface area contributed by atoms with Crippen molar-refractivity contribution in [2.45, 2.75) is 88.9 Å². The Morgan fingerprint density at radius 2 is 1.36 bits per heavy atom. The van der Waals surface area contributed by atoms with Crippen molar-refractivity contribution < 1.29 is 14.3 Å². The van der Waals surface area contributed by atoms with E-state index in [0.717, 1.165) is 58.2 Å². The monoisotopic (exact) mass is 348 g/mol. The van der Waals surface area contributed by atoms with Gasteiger partial charge in [0, 0.05) is 25.6 Å². The van der Waals surface area contributed by atoms with Gasteiger partial charge < -0.3 is 14.5 Å². The number of ether oxygens (including phenoxy) is 1. The van der Waals surface area contributed by atoms with E-state index in [4.69, 9.17) is 4.74 Å². The average Bonchev–Trinajstić information content (AvgIpc) is 3.39. The van der Waals surface area contributed by atoms with Crippen LogP contribution >= 0.6 is 0 Å². The molecule has 0 spiro atoms. The number of rotatable bonds is 4. The first-order valence-electron chi connectivity index (χ1n) is 10.5. The molecule has 1 atom stereocenters. The molecular weight excluding hydrogens is 316 g/mol. The molecule has 0 radical (unpaired) electrons. The van der Waals surface area contributed by atoms with Gasteiger partial charge in [0.1, 0.15) is 6.04 Å². The second-order valence-corrected chi connectivity index (χ2v) is 8.38. The second-order valence-electron chi connectivity index (χ2n) is 8.38. The van der Waals surface area contributed by atoms with Gasteiger partial charge in [-0.1, -0.05) is 19.3 Å².